The molecule has 0 aromatic heterocycles. The summed E-state index contributed by atoms with van der Waals surface area (Å²) >= 11 is 0. The van der Waals surface area contributed by atoms with Crippen molar-refractivity contribution in [1.82, 2.24) is 0 Å². The van der Waals surface area contributed by atoms with Crippen LogP contribution in [0.2, 0.25) is 0 Å². The van der Waals surface area contributed by atoms with Crippen molar-refractivity contribution >= 4 is 23.0 Å². The standard InChI is InChI=1S/C14H10FN3O2/c15-9-4-5-12(8(6-9)7-16)18-13-10(14(19)20)2-1-3-11(13)17/h1-6,18H,17H2,(H,19,20). The molecule has 0 heterocycles. The fraction of sp³-hybridized carbons (Fsp3) is 0. The maximum absolute atomic E-state index is 13.1. The summed E-state index contributed by atoms with van der Waals surface area (Å²) in [5, 5.41) is 20.9. The van der Waals surface area contributed by atoms with E-state index >= 15 is 0 Å². The molecule has 5 nitrogen and oxygen atoms in total. The number of nitrogen functional groups attached to an aromatic ring is 1. The Morgan fingerprint density at radius 3 is 2.75 bits per heavy atom. The molecule has 20 heavy (non-hydrogen) atoms. The number of aromatic carboxylic acids is 1. The number of halogens is 1. The number of nitrogens with two attached hydrogens (primary N) is 1. The first-order chi connectivity index (χ1) is 9.52. The Labute approximate surface area is 114 Å². The second kappa shape index (κ2) is 5.28. The van der Waals surface area contributed by atoms with Gasteiger partial charge in [0.2, 0.25) is 0 Å². The summed E-state index contributed by atoms with van der Waals surface area (Å²) in [6, 6.07) is 9.85. The summed E-state index contributed by atoms with van der Waals surface area (Å²) in [6.45, 7) is 0. The van der Waals surface area contributed by atoms with E-state index in [1.807, 2.05) is 6.07 Å². The number of anilines is 3. The quantitative estimate of drug-likeness (QED) is 0.745. The highest BCUT2D eigenvalue weighted by molar-refractivity contribution is 5.99. The molecular formula is C14H10FN3O2. The Kier molecular flexibility index (Phi) is 3.53. The van der Waals surface area contributed by atoms with Gasteiger partial charge in [-0.05, 0) is 30.3 Å². The zero-order valence-corrected chi connectivity index (χ0v) is 10.2. The van der Waals surface area contributed by atoms with Crippen LogP contribution in [0, 0.1) is 17.1 Å². The Morgan fingerprint density at radius 1 is 1.35 bits per heavy atom. The van der Waals surface area contributed by atoms with E-state index in [2.05, 4.69) is 5.32 Å². The van der Waals surface area contributed by atoms with Crippen LogP contribution in [-0.2, 0) is 0 Å². The smallest absolute Gasteiger partial charge is 0.337 e. The Bertz CT molecular complexity index is 723. The Hall–Kier alpha value is -3.07. The zero-order chi connectivity index (χ0) is 14.7. The van der Waals surface area contributed by atoms with Crippen LogP contribution in [0.25, 0.3) is 0 Å². The van der Waals surface area contributed by atoms with Crippen LogP contribution >= 0.6 is 0 Å². The van der Waals surface area contributed by atoms with Gasteiger partial charge in [-0.2, -0.15) is 5.26 Å². The van der Waals surface area contributed by atoms with Gasteiger partial charge in [-0.25, -0.2) is 9.18 Å². The van der Waals surface area contributed by atoms with Crippen LogP contribution in [0.1, 0.15) is 15.9 Å². The molecule has 0 saturated carbocycles. The van der Waals surface area contributed by atoms with Gasteiger partial charge >= 0.3 is 5.97 Å². The summed E-state index contributed by atoms with van der Waals surface area (Å²) in [5.74, 6) is -1.70. The molecule has 2 rings (SSSR count). The van der Waals surface area contributed by atoms with Crippen molar-refractivity contribution in [3.8, 4) is 6.07 Å². The predicted molar refractivity (Wildman–Crippen MR) is 72.2 cm³/mol. The fourth-order valence-corrected chi connectivity index (χ4v) is 1.74. The number of carboxylic acids is 1. The Balaban J connectivity index is 2.51. The van der Waals surface area contributed by atoms with Gasteiger partial charge in [0.15, 0.2) is 0 Å². The SMILES string of the molecule is N#Cc1cc(F)ccc1Nc1c(N)cccc1C(=O)O. The molecule has 0 amide bonds. The lowest BCUT2D eigenvalue weighted by molar-refractivity contribution is 0.0698. The van der Waals surface area contributed by atoms with Crippen LogP contribution in [0.5, 0.6) is 0 Å². The van der Waals surface area contributed by atoms with Crippen LogP contribution in [-0.4, -0.2) is 11.1 Å². The third-order valence-electron chi connectivity index (χ3n) is 2.69. The van der Waals surface area contributed by atoms with E-state index in [4.69, 9.17) is 16.1 Å². The lowest BCUT2D eigenvalue weighted by Crippen LogP contribution is -2.06. The lowest BCUT2D eigenvalue weighted by Gasteiger charge is -2.13. The van der Waals surface area contributed by atoms with Gasteiger partial charge in [0.1, 0.15) is 11.9 Å². The van der Waals surface area contributed by atoms with E-state index in [0.29, 0.717) is 0 Å². The number of nitriles is 1. The maximum atomic E-state index is 13.1. The van der Waals surface area contributed by atoms with Gasteiger partial charge in [0, 0.05) is 0 Å². The van der Waals surface area contributed by atoms with Crippen LogP contribution < -0.4 is 11.1 Å². The van der Waals surface area contributed by atoms with Crippen LogP contribution in [0.3, 0.4) is 0 Å². The fourth-order valence-electron chi connectivity index (χ4n) is 1.74. The Morgan fingerprint density at radius 2 is 2.10 bits per heavy atom. The minimum absolute atomic E-state index is 0.0294. The molecule has 0 saturated heterocycles. The van der Waals surface area contributed by atoms with Crippen molar-refractivity contribution < 1.29 is 14.3 Å². The number of para-hydroxylation sites is 1. The molecule has 0 radical (unpaired) electrons. The summed E-state index contributed by atoms with van der Waals surface area (Å²) in [6.07, 6.45) is 0. The third-order valence-corrected chi connectivity index (χ3v) is 2.69. The second-order valence-electron chi connectivity index (χ2n) is 4.00. The van der Waals surface area contributed by atoms with E-state index in [0.717, 1.165) is 6.07 Å². The second-order valence-corrected chi connectivity index (χ2v) is 4.00. The summed E-state index contributed by atoms with van der Waals surface area (Å²) in [5.41, 5.74) is 6.45. The van der Waals surface area contributed by atoms with Crippen molar-refractivity contribution in [3.05, 3.63) is 53.3 Å². The van der Waals surface area contributed by atoms with Crippen molar-refractivity contribution in [2.24, 2.45) is 0 Å². The number of benzene rings is 2. The summed E-state index contributed by atoms with van der Waals surface area (Å²) in [7, 11) is 0. The largest absolute Gasteiger partial charge is 0.478 e. The molecule has 4 N–H and O–H groups in total. The number of hydrogen-bond acceptors (Lipinski definition) is 4. The van der Waals surface area contributed by atoms with Crippen LogP contribution in [0.15, 0.2) is 36.4 Å². The maximum Gasteiger partial charge on any atom is 0.337 e. The number of hydrogen-bond donors (Lipinski definition) is 3. The molecule has 100 valence electrons. The molecule has 0 aliphatic carbocycles. The molecular weight excluding hydrogens is 261 g/mol. The normalized spacial score (nSPS) is 9.80. The third kappa shape index (κ3) is 2.52. The average molecular weight is 271 g/mol. The molecule has 0 spiro atoms. The minimum atomic E-state index is -1.15. The van der Waals surface area contributed by atoms with Gasteiger partial charge in [-0.15, -0.1) is 0 Å². The van der Waals surface area contributed by atoms with Gasteiger partial charge in [-0.1, -0.05) is 6.07 Å². The first-order valence-corrected chi connectivity index (χ1v) is 5.61. The summed E-state index contributed by atoms with van der Waals surface area (Å²) in [4.78, 5) is 11.2. The van der Waals surface area contributed by atoms with E-state index in [1.165, 1.54) is 30.3 Å². The monoisotopic (exact) mass is 271 g/mol. The predicted octanol–water partition coefficient (Wildman–Crippen LogP) is 2.72. The van der Waals surface area contributed by atoms with Gasteiger partial charge < -0.3 is 16.2 Å². The van der Waals surface area contributed by atoms with Crippen molar-refractivity contribution in [3.63, 3.8) is 0 Å². The van der Waals surface area contributed by atoms with E-state index in [1.54, 1.807) is 0 Å². The van der Waals surface area contributed by atoms with Crippen molar-refractivity contribution in [2.75, 3.05) is 11.1 Å². The van der Waals surface area contributed by atoms with Crippen molar-refractivity contribution in [1.29, 1.82) is 5.26 Å². The highest BCUT2D eigenvalue weighted by atomic mass is 19.1. The molecule has 0 aliphatic rings. The molecule has 0 aliphatic heterocycles. The molecule has 0 bridgehead atoms. The van der Waals surface area contributed by atoms with E-state index in [9.17, 15) is 9.18 Å². The molecule has 0 fully saturated rings. The summed E-state index contributed by atoms with van der Waals surface area (Å²) < 4.78 is 13.1. The minimum Gasteiger partial charge on any atom is -0.478 e. The number of nitrogens with one attached hydrogen (secondary N) is 1. The number of nitrogens with zero attached hydrogens (tertiary/aromatic N) is 1. The highest BCUT2D eigenvalue weighted by Crippen LogP contribution is 2.29. The van der Waals surface area contributed by atoms with E-state index in [-0.39, 0.29) is 28.2 Å². The van der Waals surface area contributed by atoms with E-state index < -0.39 is 11.8 Å². The molecule has 2 aromatic carbocycles. The number of carbonyl (C=O) groups is 1. The van der Waals surface area contributed by atoms with Gasteiger partial charge in [0.25, 0.3) is 0 Å². The topological polar surface area (TPSA) is 99.1 Å². The highest BCUT2D eigenvalue weighted by Gasteiger charge is 2.14. The molecule has 6 heteroatoms. The van der Waals surface area contributed by atoms with Gasteiger partial charge in [0.05, 0.1) is 28.2 Å². The molecule has 2 aromatic rings. The van der Waals surface area contributed by atoms with Crippen molar-refractivity contribution in [2.45, 2.75) is 0 Å². The van der Waals surface area contributed by atoms with Gasteiger partial charge in [-0.3, -0.25) is 0 Å². The number of carboxylic acid groups (broad SMARTS) is 1. The first-order valence-electron chi connectivity index (χ1n) is 5.61. The average Bonchev–Trinajstić information content (AvgIpc) is 2.42. The molecule has 0 unspecified atom stereocenters. The first kappa shape index (κ1) is 13.4. The number of rotatable bonds is 3. The molecule has 0 atom stereocenters. The van der Waals surface area contributed by atoms with Crippen LogP contribution in [0.4, 0.5) is 21.5 Å². The lowest BCUT2D eigenvalue weighted by atomic mass is 10.1. The zero-order valence-electron chi connectivity index (χ0n) is 10.2.